The number of nitrogens with one attached hydrogen (secondary N) is 7. The van der Waals surface area contributed by atoms with Crippen LogP contribution < -0.4 is 37.2 Å². The third-order valence-corrected chi connectivity index (χ3v) is 11.3. The molecule has 0 radical (unpaired) electrons. The van der Waals surface area contributed by atoms with Crippen molar-refractivity contribution in [1.29, 1.82) is 0 Å². The van der Waals surface area contributed by atoms with E-state index < -0.39 is 71.1 Å². The summed E-state index contributed by atoms with van der Waals surface area (Å²) in [4.78, 5) is 104. The molecule has 0 saturated carbocycles. The molecule has 2 bridgehead atoms. The van der Waals surface area contributed by atoms with Gasteiger partial charge in [-0.05, 0) is 49.7 Å². The standard InChI is InChI=1S/C39H61N7O9S2/c1-8-24(4)33-37(54)40-15-16-56-20-26-11-9-12-27(18-26)21-57-22-30(36(53)46-39(6,7)38(55)44-28(17-23(2)3)34(51)45-33)43-35(52)29(19-41-25(5)47)42-31(48)13-10-14-32(49)50/h9,11-12,18,23-24,28-30,33H,8,10,13-17,19-22H2,1-7H3,(H,40,54)(H,41,47)(H,42,48)(H,43,52)(H,44,55)(H,45,51)(H,46,53)(H,49,50)/t24-,28-,29-,30-,33-/m0/s1. The Morgan fingerprint density at radius 3 is 2.23 bits per heavy atom. The Morgan fingerprint density at radius 2 is 1.61 bits per heavy atom. The normalized spacial score (nSPS) is 21.2. The molecular formula is C39H61N7O9S2. The number of carboxylic acid groups (broad SMARTS) is 1. The fourth-order valence-electron chi connectivity index (χ4n) is 5.68. The van der Waals surface area contributed by atoms with Crippen molar-refractivity contribution in [2.75, 3.05) is 24.6 Å². The molecule has 57 heavy (non-hydrogen) atoms. The number of carbonyl (C=O) groups excluding carboxylic acids is 7. The van der Waals surface area contributed by atoms with E-state index in [1.54, 1.807) is 11.8 Å². The van der Waals surface area contributed by atoms with E-state index in [4.69, 9.17) is 5.11 Å². The van der Waals surface area contributed by atoms with Crippen molar-refractivity contribution < 1.29 is 43.5 Å². The van der Waals surface area contributed by atoms with Gasteiger partial charge >= 0.3 is 5.97 Å². The summed E-state index contributed by atoms with van der Waals surface area (Å²) in [5.41, 5.74) is 0.437. The Kier molecular flexibility index (Phi) is 20.9. The maximum Gasteiger partial charge on any atom is 0.303 e. The minimum Gasteiger partial charge on any atom is -0.481 e. The number of hydrogen-bond acceptors (Lipinski definition) is 10. The van der Waals surface area contributed by atoms with Gasteiger partial charge in [-0.2, -0.15) is 23.5 Å². The van der Waals surface area contributed by atoms with Crippen LogP contribution in [0.5, 0.6) is 0 Å². The number of benzene rings is 1. The van der Waals surface area contributed by atoms with Crippen LogP contribution in [0.25, 0.3) is 0 Å². The average Bonchev–Trinajstić information content (AvgIpc) is 3.13. The van der Waals surface area contributed by atoms with E-state index in [0.29, 0.717) is 30.2 Å². The van der Waals surface area contributed by atoms with Crippen LogP contribution in [-0.2, 0) is 49.9 Å². The third kappa shape index (κ3) is 18.2. The Bertz CT molecular complexity index is 1580. The first-order chi connectivity index (χ1) is 26.8. The molecule has 1 aromatic rings. The first-order valence-corrected chi connectivity index (χ1v) is 21.6. The van der Waals surface area contributed by atoms with E-state index >= 15 is 0 Å². The summed E-state index contributed by atoms with van der Waals surface area (Å²) in [5, 5.41) is 27.9. The van der Waals surface area contributed by atoms with Crippen molar-refractivity contribution >= 4 is 70.8 Å². The number of fused-ring (bicyclic) bond motifs is 2. The van der Waals surface area contributed by atoms with Gasteiger partial charge in [0, 0.05) is 55.9 Å². The molecule has 0 aliphatic carbocycles. The first-order valence-electron chi connectivity index (χ1n) is 19.3. The zero-order valence-electron chi connectivity index (χ0n) is 34.1. The predicted molar refractivity (Wildman–Crippen MR) is 221 cm³/mol. The molecule has 0 saturated heterocycles. The molecule has 0 aromatic heterocycles. The van der Waals surface area contributed by atoms with Gasteiger partial charge in [0.25, 0.3) is 0 Å². The highest BCUT2D eigenvalue weighted by atomic mass is 32.2. The zero-order valence-corrected chi connectivity index (χ0v) is 35.7. The smallest absolute Gasteiger partial charge is 0.303 e. The molecule has 2 rings (SSSR count). The van der Waals surface area contributed by atoms with Crippen molar-refractivity contribution in [3.63, 3.8) is 0 Å². The minimum absolute atomic E-state index is 0.0236. The first kappa shape index (κ1) is 48.8. The van der Waals surface area contributed by atoms with Gasteiger partial charge in [0.05, 0.1) is 0 Å². The summed E-state index contributed by atoms with van der Waals surface area (Å²) in [6.45, 7) is 11.8. The lowest BCUT2D eigenvalue weighted by Crippen LogP contribution is -2.64. The van der Waals surface area contributed by atoms with E-state index in [-0.39, 0.29) is 55.7 Å². The van der Waals surface area contributed by atoms with Crippen LogP contribution in [0.2, 0.25) is 0 Å². The molecular weight excluding hydrogens is 775 g/mol. The lowest BCUT2D eigenvalue weighted by Gasteiger charge is -2.32. The van der Waals surface area contributed by atoms with Crippen molar-refractivity contribution in [2.24, 2.45) is 11.8 Å². The monoisotopic (exact) mass is 835 g/mol. The van der Waals surface area contributed by atoms with E-state index in [9.17, 15) is 38.4 Å². The van der Waals surface area contributed by atoms with Crippen LogP contribution in [0.15, 0.2) is 24.3 Å². The second-order valence-electron chi connectivity index (χ2n) is 15.2. The summed E-state index contributed by atoms with van der Waals surface area (Å²) in [6.07, 6.45) is 0.465. The van der Waals surface area contributed by atoms with Gasteiger partial charge in [-0.1, -0.05) is 58.4 Å². The molecule has 0 unspecified atom stereocenters. The Morgan fingerprint density at radius 1 is 0.947 bits per heavy atom. The second-order valence-corrected chi connectivity index (χ2v) is 17.3. The maximum absolute atomic E-state index is 14.0. The molecule has 5 atom stereocenters. The molecule has 18 heteroatoms. The Balaban J connectivity index is 2.45. The molecule has 16 nitrogen and oxygen atoms in total. The lowest BCUT2D eigenvalue weighted by molar-refractivity contribution is -0.137. The predicted octanol–water partition coefficient (Wildman–Crippen LogP) is 1.60. The highest BCUT2D eigenvalue weighted by Crippen LogP contribution is 2.19. The van der Waals surface area contributed by atoms with E-state index in [1.807, 2.05) is 52.0 Å². The third-order valence-electron chi connectivity index (χ3n) is 9.12. The van der Waals surface area contributed by atoms with Crippen molar-refractivity contribution in [2.45, 2.75) is 122 Å². The van der Waals surface area contributed by atoms with E-state index in [0.717, 1.165) is 11.1 Å². The van der Waals surface area contributed by atoms with Crippen molar-refractivity contribution in [3.8, 4) is 0 Å². The molecule has 0 fully saturated rings. The van der Waals surface area contributed by atoms with Crippen LogP contribution in [0, 0.1) is 11.8 Å². The highest BCUT2D eigenvalue weighted by Gasteiger charge is 2.37. The van der Waals surface area contributed by atoms with Crippen LogP contribution in [0.1, 0.15) is 91.7 Å². The van der Waals surface area contributed by atoms with Gasteiger partial charge < -0.3 is 42.3 Å². The topological polar surface area (TPSA) is 241 Å². The molecule has 8 N–H and O–H groups in total. The molecule has 7 amide bonds. The molecule has 1 aliphatic heterocycles. The SMILES string of the molecule is CC[C@H](C)[C@@H]1NC(=O)[C@H](CC(C)C)NC(=O)C(C)(C)NC(=O)[C@@H](NC(=O)[C@H](CNC(C)=O)NC(=O)CCCC(=O)O)CSCc2cccc(c2)CSCCNC1=O. The van der Waals surface area contributed by atoms with E-state index in [2.05, 4.69) is 37.2 Å². The van der Waals surface area contributed by atoms with Gasteiger partial charge in [-0.15, -0.1) is 0 Å². The van der Waals surface area contributed by atoms with E-state index in [1.165, 1.54) is 32.5 Å². The van der Waals surface area contributed by atoms with Gasteiger partial charge in [0.1, 0.15) is 29.7 Å². The quantitative estimate of drug-likeness (QED) is 0.142. The summed E-state index contributed by atoms with van der Waals surface area (Å²) < 4.78 is 0. The number of rotatable bonds is 13. The fourth-order valence-corrected chi connectivity index (χ4v) is 7.49. The number of hydrogen-bond donors (Lipinski definition) is 8. The molecule has 318 valence electrons. The summed E-state index contributed by atoms with van der Waals surface area (Å²) in [7, 11) is 0. The zero-order chi connectivity index (χ0) is 42.7. The van der Waals surface area contributed by atoms with Gasteiger partial charge in [0.2, 0.25) is 41.4 Å². The Hall–Kier alpha value is -4.32. The van der Waals surface area contributed by atoms with Crippen LogP contribution in [0.3, 0.4) is 0 Å². The maximum atomic E-state index is 14.0. The van der Waals surface area contributed by atoms with Gasteiger partial charge in [0.15, 0.2) is 0 Å². The van der Waals surface area contributed by atoms with Gasteiger partial charge in [-0.25, -0.2) is 0 Å². The molecule has 1 heterocycles. The van der Waals surface area contributed by atoms with Crippen molar-refractivity contribution in [3.05, 3.63) is 35.4 Å². The Labute approximate surface area is 344 Å². The fraction of sp³-hybridized carbons (Fsp3) is 0.641. The summed E-state index contributed by atoms with van der Waals surface area (Å²) in [6, 6.07) is 3.51. The van der Waals surface area contributed by atoms with Gasteiger partial charge in [-0.3, -0.25) is 38.4 Å². The van der Waals surface area contributed by atoms with Crippen LogP contribution in [-0.4, -0.2) is 107 Å². The molecule has 0 spiro atoms. The average molecular weight is 836 g/mol. The molecule has 1 aliphatic rings. The van der Waals surface area contributed by atoms with Crippen LogP contribution in [0.4, 0.5) is 0 Å². The summed E-state index contributed by atoms with van der Waals surface area (Å²) >= 11 is 3.00. The number of amides is 7. The van der Waals surface area contributed by atoms with Crippen LogP contribution >= 0.6 is 23.5 Å². The highest BCUT2D eigenvalue weighted by molar-refractivity contribution is 7.98. The number of thioether (sulfide) groups is 2. The summed E-state index contributed by atoms with van der Waals surface area (Å²) in [5.74, 6) is -3.56. The number of carboxylic acids is 1. The minimum atomic E-state index is -1.59. The molecule has 1 aromatic carbocycles. The number of carbonyl (C=O) groups is 8. The van der Waals surface area contributed by atoms with Crippen molar-refractivity contribution in [1.82, 2.24) is 37.2 Å². The second kappa shape index (κ2) is 24.5. The largest absolute Gasteiger partial charge is 0.481 e. The lowest BCUT2D eigenvalue weighted by atomic mass is 9.96. The number of aliphatic carboxylic acids is 1.